The van der Waals surface area contributed by atoms with E-state index in [0.29, 0.717) is 24.7 Å². The first-order valence-corrected chi connectivity index (χ1v) is 15.9. The SMILES string of the molecule is CC(C)=CC(=O)OC1CC(C)(C)CC2C3=CCC4C5(C)CCC(O)C(C)(C)C5CCC4(C)C3(C)CC(O)C12CO. The van der Waals surface area contributed by atoms with Crippen molar-refractivity contribution in [1.82, 2.24) is 0 Å². The number of rotatable bonds is 3. The molecule has 4 saturated carbocycles. The number of hydrogen-bond acceptors (Lipinski definition) is 5. The fourth-order valence-corrected chi connectivity index (χ4v) is 11.5. The molecule has 5 aliphatic rings. The van der Waals surface area contributed by atoms with E-state index in [1.807, 2.05) is 13.8 Å². The summed E-state index contributed by atoms with van der Waals surface area (Å²) in [6.07, 6.45) is 9.59. The van der Waals surface area contributed by atoms with Crippen LogP contribution in [0.3, 0.4) is 0 Å². The molecule has 0 aromatic carbocycles. The monoisotopic (exact) mass is 556 g/mol. The first-order chi connectivity index (χ1) is 18.4. The van der Waals surface area contributed by atoms with Crippen molar-refractivity contribution in [3.8, 4) is 0 Å². The van der Waals surface area contributed by atoms with Crippen LogP contribution in [0.15, 0.2) is 23.3 Å². The smallest absolute Gasteiger partial charge is 0.330 e. The van der Waals surface area contributed by atoms with Crippen LogP contribution in [0.4, 0.5) is 0 Å². The van der Waals surface area contributed by atoms with Crippen LogP contribution in [0.1, 0.15) is 114 Å². The fraction of sp³-hybridized carbons (Fsp3) is 0.857. The molecule has 0 amide bonds. The van der Waals surface area contributed by atoms with Gasteiger partial charge in [-0.05, 0) is 110 Å². The van der Waals surface area contributed by atoms with Gasteiger partial charge in [0.2, 0.25) is 0 Å². The second-order valence-corrected chi connectivity index (χ2v) is 16.9. The summed E-state index contributed by atoms with van der Waals surface area (Å²) in [5, 5.41) is 34.3. The molecule has 10 unspecified atom stereocenters. The van der Waals surface area contributed by atoms with Crippen LogP contribution in [0.5, 0.6) is 0 Å². The van der Waals surface area contributed by atoms with Gasteiger partial charge in [0.05, 0.1) is 24.2 Å². The molecule has 40 heavy (non-hydrogen) atoms. The lowest BCUT2D eigenvalue weighted by atomic mass is 9.33. The number of fused-ring (bicyclic) bond motifs is 7. The Morgan fingerprint density at radius 3 is 2.25 bits per heavy atom. The first-order valence-electron chi connectivity index (χ1n) is 15.9. The topological polar surface area (TPSA) is 87.0 Å². The summed E-state index contributed by atoms with van der Waals surface area (Å²) in [5.41, 5.74) is 1.09. The van der Waals surface area contributed by atoms with Gasteiger partial charge in [-0.15, -0.1) is 0 Å². The number of allylic oxidation sites excluding steroid dienone is 3. The zero-order valence-electron chi connectivity index (χ0n) is 26.6. The van der Waals surface area contributed by atoms with Gasteiger partial charge >= 0.3 is 5.97 Å². The summed E-state index contributed by atoms with van der Waals surface area (Å²) in [5.74, 6) is 0.508. The van der Waals surface area contributed by atoms with E-state index in [4.69, 9.17) is 4.74 Å². The Hall–Kier alpha value is -1.17. The molecule has 226 valence electrons. The van der Waals surface area contributed by atoms with Crippen LogP contribution >= 0.6 is 0 Å². The molecule has 0 aromatic rings. The van der Waals surface area contributed by atoms with Crippen LogP contribution in [0.25, 0.3) is 0 Å². The summed E-state index contributed by atoms with van der Waals surface area (Å²) < 4.78 is 6.15. The number of esters is 1. The molecule has 0 heterocycles. The minimum atomic E-state index is -0.896. The minimum Gasteiger partial charge on any atom is -0.458 e. The van der Waals surface area contributed by atoms with Gasteiger partial charge in [0.25, 0.3) is 0 Å². The van der Waals surface area contributed by atoms with E-state index in [1.165, 1.54) is 11.6 Å². The number of hydrogen-bond donors (Lipinski definition) is 3. The van der Waals surface area contributed by atoms with E-state index in [9.17, 15) is 20.1 Å². The molecule has 5 heteroatoms. The summed E-state index contributed by atoms with van der Waals surface area (Å²) in [4.78, 5) is 12.9. The molecule has 0 aromatic heterocycles. The van der Waals surface area contributed by atoms with Crippen LogP contribution in [-0.4, -0.2) is 46.2 Å². The number of carbonyl (C=O) groups excluding carboxylic acids is 1. The van der Waals surface area contributed by atoms with Crippen LogP contribution in [0.2, 0.25) is 0 Å². The van der Waals surface area contributed by atoms with Gasteiger partial charge < -0.3 is 20.1 Å². The molecule has 0 spiro atoms. The molecule has 5 aliphatic carbocycles. The second-order valence-electron chi connectivity index (χ2n) is 16.9. The van der Waals surface area contributed by atoms with Crippen molar-refractivity contribution >= 4 is 5.97 Å². The first kappa shape index (κ1) is 30.3. The third-order valence-corrected chi connectivity index (χ3v) is 13.8. The van der Waals surface area contributed by atoms with E-state index >= 15 is 0 Å². The molecule has 5 rings (SSSR count). The zero-order chi connectivity index (χ0) is 29.7. The normalized spacial score (nSPS) is 48.9. The molecule has 5 nitrogen and oxygen atoms in total. The van der Waals surface area contributed by atoms with Crippen LogP contribution in [0, 0.1) is 50.2 Å². The Kier molecular flexibility index (Phi) is 7.13. The van der Waals surface area contributed by atoms with Crippen molar-refractivity contribution in [2.45, 2.75) is 132 Å². The Morgan fingerprint density at radius 2 is 1.62 bits per heavy atom. The number of aliphatic hydroxyl groups excluding tert-OH is 3. The maximum absolute atomic E-state index is 12.9. The van der Waals surface area contributed by atoms with Gasteiger partial charge in [-0.25, -0.2) is 4.79 Å². The van der Waals surface area contributed by atoms with Crippen molar-refractivity contribution in [2.75, 3.05) is 6.61 Å². The average molecular weight is 557 g/mol. The predicted octanol–water partition coefficient (Wildman–Crippen LogP) is 6.60. The maximum Gasteiger partial charge on any atom is 0.330 e. The van der Waals surface area contributed by atoms with Crippen molar-refractivity contribution in [3.63, 3.8) is 0 Å². The largest absolute Gasteiger partial charge is 0.458 e. The zero-order valence-corrected chi connectivity index (χ0v) is 26.6. The van der Waals surface area contributed by atoms with Gasteiger partial charge in [0, 0.05) is 6.08 Å². The Balaban J connectivity index is 1.60. The molecule has 0 saturated heterocycles. The summed E-state index contributed by atoms with van der Waals surface area (Å²) in [6.45, 7) is 20.0. The van der Waals surface area contributed by atoms with Crippen molar-refractivity contribution in [1.29, 1.82) is 0 Å². The molecule has 4 fully saturated rings. The van der Waals surface area contributed by atoms with E-state index in [0.717, 1.165) is 44.1 Å². The summed E-state index contributed by atoms with van der Waals surface area (Å²) in [7, 11) is 0. The summed E-state index contributed by atoms with van der Waals surface area (Å²) >= 11 is 0. The van der Waals surface area contributed by atoms with E-state index in [2.05, 4.69) is 54.5 Å². The third kappa shape index (κ3) is 3.99. The quantitative estimate of drug-likeness (QED) is 0.207. The van der Waals surface area contributed by atoms with E-state index in [-0.39, 0.29) is 51.7 Å². The fourth-order valence-electron chi connectivity index (χ4n) is 11.5. The predicted molar refractivity (Wildman–Crippen MR) is 158 cm³/mol. The van der Waals surface area contributed by atoms with Crippen molar-refractivity contribution < 1.29 is 24.9 Å². The number of carbonyl (C=O) groups is 1. The lowest BCUT2D eigenvalue weighted by Crippen LogP contribution is -2.69. The third-order valence-electron chi connectivity index (χ3n) is 13.8. The standard InChI is InChI=1S/C35H56O5/c1-21(2)16-29(39)40-28-19-30(3,4)17-23-22-10-11-25-32(7)14-13-26(37)31(5,6)24(32)12-15-33(25,8)34(22,9)18-27(38)35(23,28)20-36/h10,16,23-28,36-38H,11-15,17-20H2,1-9H3. The number of aliphatic hydroxyl groups is 3. The molecule has 10 atom stereocenters. The van der Waals surface area contributed by atoms with E-state index < -0.39 is 17.6 Å². The highest BCUT2D eigenvalue weighted by Gasteiger charge is 2.71. The lowest BCUT2D eigenvalue weighted by Gasteiger charge is -2.72. The highest BCUT2D eigenvalue weighted by atomic mass is 16.5. The van der Waals surface area contributed by atoms with Gasteiger partial charge in [-0.1, -0.05) is 65.7 Å². The van der Waals surface area contributed by atoms with Gasteiger partial charge in [0.15, 0.2) is 0 Å². The molecule has 0 aliphatic heterocycles. The van der Waals surface area contributed by atoms with Gasteiger partial charge in [-0.3, -0.25) is 0 Å². The highest BCUT2D eigenvalue weighted by molar-refractivity contribution is 5.82. The summed E-state index contributed by atoms with van der Waals surface area (Å²) in [6, 6.07) is 0. The van der Waals surface area contributed by atoms with Gasteiger partial charge in [0.1, 0.15) is 6.10 Å². The van der Waals surface area contributed by atoms with Crippen LogP contribution < -0.4 is 0 Å². The molecular weight excluding hydrogens is 500 g/mol. The Bertz CT molecular complexity index is 1100. The lowest BCUT2D eigenvalue weighted by molar-refractivity contribution is -0.239. The second kappa shape index (κ2) is 9.41. The molecule has 0 radical (unpaired) electrons. The van der Waals surface area contributed by atoms with E-state index in [1.54, 1.807) is 0 Å². The number of ether oxygens (including phenoxy) is 1. The van der Waals surface area contributed by atoms with Crippen LogP contribution in [-0.2, 0) is 9.53 Å². The Labute approximate surface area is 242 Å². The maximum atomic E-state index is 12.9. The van der Waals surface area contributed by atoms with Crippen molar-refractivity contribution in [2.24, 2.45) is 50.2 Å². The molecule has 3 N–H and O–H groups in total. The minimum absolute atomic E-state index is 0.000868. The highest BCUT2D eigenvalue weighted by Crippen LogP contribution is 2.75. The van der Waals surface area contributed by atoms with Crippen molar-refractivity contribution in [3.05, 3.63) is 23.3 Å². The molecular formula is C35H56O5. The Morgan fingerprint density at radius 1 is 0.950 bits per heavy atom. The average Bonchev–Trinajstić information content (AvgIpc) is 2.81. The molecule has 0 bridgehead atoms. The van der Waals surface area contributed by atoms with Gasteiger partial charge in [-0.2, -0.15) is 0 Å².